The summed E-state index contributed by atoms with van der Waals surface area (Å²) in [6.07, 6.45) is 1.38. The van der Waals surface area contributed by atoms with Gasteiger partial charge in [0.2, 0.25) is 5.91 Å². The van der Waals surface area contributed by atoms with Gasteiger partial charge in [-0.1, -0.05) is 70.5 Å². The van der Waals surface area contributed by atoms with Gasteiger partial charge in [-0.15, -0.1) is 0 Å². The largest absolute Gasteiger partial charge is 0.481 e. The van der Waals surface area contributed by atoms with Crippen LogP contribution in [0.5, 0.6) is 5.75 Å². The van der Waals surface area contributed by atoms with Crippen LogP contribution in [0.4, 0.5) is 0 Å². The zero-order valence-corrected chi connectivity index (χ0v) is 21.6. The van der Waals surface area contributed by atoms with Crippen LogP contribution in [0.1, 0.15) is 75.8 Å². The molecule has 34 heavy (non-hydrogen) atoms. The lowest BCUT2D eigenvalue weighted by molar-refractivity contribution is -0.134. The average molecular weight is 465 g/mol. The molecule has 2 atom stereocenters. The predicted octanol–water partition coefficient (Wildman–Crippen LogP) is 5.44. The average Bonchev–Trinajstić information content (AvgIpc) is 2.80. The van der Waals surface area contributed by atoms with Gasteiger partial charge in [0, 0.05) is 19.5 Å². The summed E-state index contributed by atoms with van der Waals surface area (Å²) in [6, 6.07) is 14.4. The lowest BCUT2D eigenvalue weighted by atomic mass is 9.87. The third kappa shape index (κ3) is 6.40. The molecule has 1 aliphatic rings. The van der Waals surface area contributed by atoms with E-state index in [0.29, 0.717) is 43.5 Å². The quantitative estimate of drug-likeness (QED) is 0.537. The number of ether oxygens (including phenoxy) is 1. The normalized spacial score (nSPS) is 16.4. The Labute approximate surface area is 204 Å². The van der Waals surface area contributed by atoms with Crippen molar-refractivity contribution in [2.45, 2.75) is 73.0 Å². The van der Waals surface area contributed by atoms with Gasteiger partial charge in [-0.3, -0.25) is 9.59 Å². The zero-order chi connectivity index (χ0) is 24.8. The van der Waals surface area contributed by atoms with E-state index in [-0.39, 0.29) is 17.9 Å². The fourth-order valence-corrected chi connectivity index (χ4v) is 4.41. The Hall–Kier alpha value is -2.82. The fraction of sp³-hybridized carbons (Fsp3) is 0.517. The molecule has 3 rings (SSSR count). The molecule has 0 aromatic heterocycles. The summed E-state index contributed by atoms with van der Waals surface area (Å²) < 4.78 is 6.17. The van der Waals surface area contributed by atoms with Crippen LogP contribution in [0, 0.1) is 18.8 Å². The zero-order valence-electron chi connectivity index (χ0n) is 21.6. The molecule has 0 spiro atoms. The molecule has 0 saturated heterocycles. The lowest BCUT2D eigenvalue weighted by Gasteiger charge is -2.38. The molecule has 2 amide bonds. The van der Waals surface area contributed by atoms with Crippen LogP contribution in [-0.4, -0.2) is 35.9 Å². The first kappa shape index (κ1) is 25.8. The maximum absolute atomic E-state index is 13.2. The molecule has 2 aromatic rings. The van der Waals surface area contributed by atoms with E-state index in [4.69, 9.17) is 4.74 Å². The monoisotopic (exact) mass is 464 g/mol. The van der Waals surface area contributed by atoms with Crippen molar-refractivity contribution in [3.05, 3.63) is 64.7 Å². The van der Waals surface area contributed by atoms with E-state index in [9.17, 15) is 9.59 Å². The Morgan fingerprint density at radius 2 is 1.76 bits per heavy atom. The van der Waals surface area contributed by atoms with E-state index in [1.54, 1.807) is 0 Å². The molecule has 5 nitrogen and oxygen atoms in total. The second-order valence-corrected chi connectivity index (χ2v) is 10.3. The van der Waals surface area contributed by atoms with Crippen molar-refractivity contribution in [2.24, 2.45) is 11.8 Å². The van der Waals surface area contributed by atoms with Crippen molar-refractivity contribution in [1.82, 2.24) is 10.2 Å². The summed E-state index contributed by atoms with van der Waals surface area (Å²) in [5, 5.41) is 2.98. The van der Waals surface area contributed by atoms with Crippen molar-refractivity contribution in [1.29, 1.82) is 0 Å². The van der Waals surface area contributed by atoms with Gasteiger partial charge < -0.3 is 15.0 Å². The van der Waals surface area contributed by atoms with Gasteiger partial charge in [-0.25, -0.2) is 0 Å². The number of carbonyl (C=O) groups is 2. The first-order valence-corrected chi connectivity index (χ1v) is 12.6. The number of hydrogen-bond acceptors (Lipinski definition) is 3. The Morgan fingerprint density at radius 3 is 2.38 bits per heavy atom. The molecule has 0 fully saturated rings. The van der Waals surface area contributed by atoms with Crippen LogP contribution < -0.4 is 10.1 Å². The van der Waals surface area contributed by atoms with Gasteiger partial charge >= 0.3 is 0 Å². The van der Waals surface area contributed by atoms with E-state index in [2.05, 4.69) is 70.3 Å². The number of benzene rings is 2. The molecule has 0 radical (unpaired) electrons. The maximum Gasteiger partial charge on any atom is 0.261 e. The summed E-state index contributed by atoms with van der Waals surface area (Å²) in [7, 11) is 0. The molecular weight excluding hydrogens is 424 g/mol. The number of carbonyl (C=O) groups excluding carboxylic acids is 2. The van der Waals surface area contributed by atoms with Crippen molar-refractivity contribution >= 4 is 11.8 Å². The summed E-state index contributed by atoms with van der Waals surface area (Å²) in [6.45, 7) is 13.7. The molecule has 0 aliphatic carbocycles. The Kier molecular flexibility index (Phi) is 8.76. The minimum atomic E-state index is -0.545. The van der Waals surface area contributed by atoms with Gasteiger partial charge in [0.25, 0.3) is 5.91 Å². The highest BCUT2D eigenvalue weighted by Gasteiger charge is 2.33. The van der Waals surface area contributed by atoms with Crippen LogP contribution in [0.3, 0.4) is 0 Å². The fourth-order valence-electron chi connectivity index (χ4n) is 4.41. The summed E-state index contributed by atoms with van der Waals surface area (Å²) in [5.74, 6) is 1.45. The number of amides is 2. The molecule has 184 valence electrons. The van der Waals surface area contributed by atoms with Crippen LogP contribution in [0.25, 0.3) is 0 Å². The molecule has 1 heterocycles. The topological polar surface area (TPSA) is 58.6 Å². The Bertz CT molecular complexity index is 981. The van der Waals surface area contributed by atoms with E-state index in [0.717, 1.165) is 17.5 Å². The van der Waals surface area contributed by atoms with Crippen molar-refractivity contribution in [2.75, 3.05) is 13.1 Å². The summed E-state index contributed by atoms with van der Waals surface area (Å²) >= 11 is 0. The summed E-state index contributed by atoms with van der Waals surface area (Å²) in [5.41, 5.74) is 4.60. The molecule has 2 aromatic carbocycles. The Balaban J connectivity index is 1.94. The minimum Gasteiger partial charge on any atom is -0.481 e. The molecule has 0 bridgehead atoms. The Morgan fingerprint density at radius 1 is 1.06 bits per heavy atom. The number of hydrogen-bond donors (Lipinski definition) is 1. The third-order valence-electron chi connectivity index (χ3n) is 6.27. The standard InChI is InChI=1S/C29H40N2O3/c1-7-26(29(33)30-18-20(4)5)34-24-13-12-22-14-15-31(27(32)16-19(2)3)28(25(22)17-24)23-10-8-21(6)9-11-23/h8-13,17,19-20,26,28H,7,14-16,18H2,1-6H3,(H,30,33)/t26-,28-/m1/s1. The van der Waals surface area contributed by atoms with Crippen LogP contribution in [0.2, 0.25) is 0 Å². The number of rotatable bonds is 9. The van der Waals surface area contributed by atoms with E-state index >= 15 is 0 Å². The highest BCUT2D eigenvalue weighted by molar-refractivity contribution is 5.81. The SMILES string of the molecule is CC[C@@H](Oc1ccc2c(c1)[C@@H](c1ccc(C)cc1)N(C(=O)CC(C)C)CC2)C(=O)NCC(C)C. The predicted molar refractivity (Wildman–Crippen MR) is 137 cm³/mol. The van der Waals surface area contributed by atoms with Crippen LogP contribution in [-0.2, 0) is 16.0 Å². The van der Waals surface area contributed by atoms with E-state index in [1.807, 2.05) is 24.0 Å². The van der Waals surface area contributed by atoms with Gasteiger partial charge in [0.15, 0.2) is 6.10 Å². The molecular formula is C29H40N2O3. The second kappa shape index (κ2) is 11.5. The van der Waals surface area contributed by atoms with Crippen LogP contribution in [0.15, 0.2) is 42.5 Å². The van der Waals surface area contributed by atoms with Crippen molar-refractivity contribution < 1.29 is 14.3 Å². The molecule has 0 saturated carbocycles. The van der Waals surface area contributed by atoms with E-state index in [1.165, 1.54) is 11.1 Å². The maximum atomic E-state index is 13.2. The number of aryl methyl sites for hydroxylation is 1. The highest BCUT2D eigenvalue weighted by atomic mass is 16.5. The van der Waals surface area contributed by atoms with Gasteiger partial charge in [0.1, 0.15) is 5.75 Å². The highest BCUT2D eigenvalue weighted by Crippen LogP contribution is 2.38. The van der Waals surface area contributed by atoms with Crippen molar-refractivity contribution in [3.63, 3.8) is 0 Å². The summed E-state index contributed by atoms with van der Waals surface area (Å²) in [4.78, 5) is 27.9. The van der Waals surface area contributed by atoms with Crippen LogP contribution >= 0.6 is 0 Å². The smallest absolute Gasteiger partial charge is 0.261 e. The van der Waals surface area contributed by atoms with Crippen molar-refractivity contribution in [3.8, 4) is 5.75 Å². The second-order valence-electron chi connectivity index (χ2n) is 10.3. The van der Waals surface area contributed by atoms with Gasteiger partial charge in [0.05, 0.1) is 6.04 Å². The van der Waals surface area contributed by atoms with E-state index < -0.39 is 6.10 Å². The first-order valence-electron chi connectivity index (χ1n) is 12.6. The number of nitrogens with zero attached hydrogens (tertiary/aromatic N) is 1. The lowest BCUT2D eigenvalue weighted by Crippen LogP contribution is -2.41. The van der Waals surface area contributed by atoms with Gasteiger partial charge in [-0.2, -0.15) is 0 Å². The number of fused-ring (bicyclic) bond motifs is 1. The first-order chi connectivity index (χ1) is 16.2. The number of nitrogens with one attached hydrogen (secondary N) is 1. The molecule has 5 heteroatoms. The van der Waals surface area contributed by atoms with Gasteiger partial charge in [-0.05, 0) is 60.4 Å². The molecule has 0 unspecified atom stereocenters. The minimum absolute atomic E-state index is 0.0854. The molecule has 1 N–H and O–H groups in total. The molecule has 1 aliphatic heterocycles. The third-order valence-corrected chi connectivity index (χ3v) is 6.27.